The summed E-state index contributed by atoms with van der Waals surface area (Å²) in [5.74, 6) is -0.185. The van der Waals surface area contributed by atoms with E-state index in [1.807, 2.05) is 19.1 Å². The van der Waals surface area contributed by atoms with Gasteiger partial charge in [0.2, 0.25) is 10.0 Å². The Morgan fingerprint density at radius 2 is 1.79 bits per heavy atom. The summed E-state index contributed by atoms with van der Waals surface area (Å²) in [6.07, 6.45) is 0. The van der Waals surface area contributed by atoms with Crippen LogP contribution in [0, 0.1) is 13.8 Å². The summed E-state index contributed by atoms with van der Waals surface area (Å²) in [4.78, 5) is 13.7. The highest BCUT2D eigenvalue weighted by Gasteiger charge is 2.32. The number of quaternary nitrogens is 1. The van der Waals surface area contributed by atoms with Gasteiger partial charge >= 0.3 is 0 Å². The maximum atomic E-state index is 13.0. The third kappa shape index (κ3) is 5.29. The topological polar surface area (TPSA) is 70.9 Å². The van der Waals surface area contributed by atoms with E-state index in [1.54, 1.807) is 31.2 Å². The Balaban J connectivity index is 1.59. The van der Waals surface area contributed by atoms with Gasteiger partial charge in [-0.1, -0.05) is 35.3 Å². The summed E-state index contributed by atoms with van der Waals surface area (Å²) < 4.78 is 27.5. The molecule has 1 fully saturated rings. The molecular formula is C20H24Cl2N3O3S+. The quantitative estimate of drug-likeness (QED) is 0.723. The lowest BCUT2D eigenvalue weighted by Gasteiger charge is -2.31. The molecule has 1 aliphatic heterocycles. The largest absolute Gasteiger partial charge is 0.325 e. The van der Waals surface area contributed by atoms with E-state index in [2.05, 4.69) is 5.32 Å². The van der Waals surface area contributed by atoms with E-state index >= 15 is 0 Å². The third-order valence-electron chi connectivity index (χ3n) is 5.00. The minimum absolute atomic E-state index is 0.185. The Hall–Kier alpha value is -1.64. The zero-order chi connectivity index (χ0) is 21.2. The summed E-state index contributed by atoms with van der Waals surface area (Å²) in [5, 5.41) is 3.68. The van der Waals surface area contributed by atoms with Crippen molar-refractivity contribution in [2.45, 2.75) is 18.7 Å². The predicted molar refractivity (Wildman–Crippen MR) is 115 cm³/mol. The number of benzene rings is 2. The maximum absolute atomic E-state index is 13.0. The number of carbonyl (C=O) groups excluding carboxylic acids is 1. The highest BCUT2D eigenvalue weighted by atomic mass is 35.5. The van der Waals surface area contributed by atoms with Crippen LogP contribution in [0.25, 0.3) is 0 Å². The van der Waals surface area contributed by atoms with Gasteiger partial charge in [0.15, 0.2) is 6.54 Å². The molecule has 1 heterocycles. The van der Waals surface area contributed by atoms with Crippen LogP contribution in [0.15, 0.2) is 41.3 Å². The van der Waals surface area contributed by atoms with Gasteiger partial charge in [0, 0.05) is 5.02 Å². The number of hydrogen-bond acceptors (Lipinski definition) is 3. The molecule has 1 saturated heterocycles. The number of halogens is 2. The van der Waals surface area contributed by atoms with Gasteiger partial charge in [0.25, 0.3) is 5.91 Å². The molecule has 0 unspecified atom stereocenters. The van der Waals surface area contributed by atoms with Crippen molar-refractivity contribution in [2.75, 3.05) is 38.0 Å². The van der Waals surface area contributed by atoms with Crippen LogP contribution < -0.4 is 10.2 Å². The second-order valence-electron chi connectivity index (χ2n) is 7.27. The Morgan fingerprint density at radius 1 is 1.10 bits per heavy atom. The normalized spacial score (nSPS) is 16.0. The molecule has 0 aliphatic carbocycles. The van der Waals surface area contributed by atoms with Crippen molar-refractivity contribution >= 4 is 44.8 Å². The summed E-state index contributed by atoms with van der Waals surface area (Å²) in [7, 11) is -3.54. The number of rotatable bonds is 5. The Morgan fingerprint density at radius 3 is 2.48 bits per heavy atom. The molecule has 2 N–H and O–H groups in total. The lowest BCUT2D eigenvalue weighted by atomic mass is 10.2. The number of piperazine rings is 1. The van der Waals surface area contributed by atoms with Gasteiger partial charge in [0.05, 0.1) is 41.8 Å². The number of nitrogens with zero attached hydrogens (tertiary/aromatic N) is 1. The van der Waals surface area contributed by atoms with E-state index in [1.165, 1.54) is 4.31 Å². The number of sulfonamides is 1. The van der Waals surface area contributed by atoms with Gasteiger partial charge < -0.3 is 10.2 Å². The molecule has 9 heteroatoms. The van der Waals surface area contributed by atoms with Crippen LogP contribution in [0.5, 0.6) is 0 Å². The average molecular weight is 457 g/mol. The fourth-order valence-corrected chi connectivity index (χ4v) is 5.45. The Labute approximate surface area is 181 Å². The second kappa shape index (κ2) is 9.02. The van der Waals surface area contributed by atoms with Crippen LogP contribution in [0.4, 0.5) is 5.69 Å². The van der Waals surface area contributed by atoms with Crippen LogP contribution in [-0.2, 0) is 14.8 Å². The first-order valence-electron chi connectivity index (χ1n) is 9.32. The highest BCUT2D eigenvalue weighted by molar-refractivity contribution is 7.89. The molecule has 3 rings (SSSR count). The number of hydrogen-bond donors (Lipinski definition) is 2. The number of carbonyl (C=O) groups is 1. The zero-order valence-electron chi connectivity index (χ0n) is 16.3. The van der Waals surface area contributed by atoms with Gasteiger partial charge in [0.1, 0.15) is 0 Å². The lowest BCUT2D eigenvalue weighted by Crippen LogP contribution is -3.15. The summed E-state index contributed by atoms with van der Waals surface area (Å²) in [6.45, 7) is 5.78. The van der Waals surface area contributed by atoms with E-state index in [0.29, 0.717) is 46.8 Å². The minimum Gasteiger partial charge on any atom is -0.325 e. The molecule has 6 nitrogen and oxygen atoms in total. The standard InChI is InChI=1S/C20H23Cl2N3O3S/c1-14-3-4-15(2)19(11-14)29(27,28)25-9-7-24(8-10-25)13-20(26)23-18-12-16(21)5-6-17(18)22/h3-6,11-12H,7-10,13H2,1-2H3,(H,23,26)/p+1. The molecule has 1 amide bonds. The monoisotopic (exact) mass is 456 g/mol. The molecule has 0 radical (unpaired) electrons. The molecule has 2 aromatic rings. The van der Waals surface area contributed by atoms with Crippen LogP contribution in [-0.4, -0.2) is 51.4 Å². The summed E-state index contributed by atoms with van der Waals surface area (Å²) in [5.41, 5.74) is 2.12. The van der Waals surface area contributed by atoms with E-state index < -0.39 is 10.0 Å². The molecule has 0 aromatic heterocycles. The first-order valence-corrected chi connectivity index (χ1v) is 11.5. The van der Waals surface area contributed by atoms with E-state index in [9.17, 15) is 13.2 Å². The number of nitrogens with one attached hydrogen (secondary N) is 2. The van der Waals surface area contributed by atoms with Crippen molar-refractivity contribution < 1.29 is 18.1 Å². The van der Waals surface area contributed by atoms with Crippen molar-refractivity contribution in [1.82, 2.24) is 4.31 Å². The van der Waals surface area contributed by atoms with Gasteiger partial charge in [-0.2, -0.15) is 4.31 Å². The number of aryl methyl sites for hydroxylation is 2. The zero-order valence-corrected chi connectivity index (χ0v) is 18.7. The van der Waals surface area contributed by atoms with Crippen molar-refractivity contribution in [3.63, 3.8) is 0 Å². The Kier molecular flexibility index (Phi) is 6.86. The molecule has 156 valence electrons. The van der Waals surface area contributed by atoms with Crippen molar-refractivity contribution in [3.8, 4) is 0 Å². The molecule has 1 aliphatic rings. The van der Waals surface area contributed by atoms with Crippen LogP contribution in [0.1, 0.15) is 11.1 Å². The van der Waals surface area contributed by atoms with Gasteiger partial charge in [-0.25, -0.2) is 8.42 Å². The number of amides is 1. The smallest absolute Gasteiger partial charge is 0.279 e. The average Bonchev–Trinajstić information content (AvgIpc) is 2.67. The second-order valence-corrected chi connectivity index (χ2v) is 10.0. The lowest BCUT2D eigenvalue weighted by molar-refractivity contribution is -0.895. The first kappa shape index (κ1) is 22.1. The SMILES string of the molecule is Cc1ccc(C)c(S(=O)(=O)N2CC[NH+](CC(=O)Nc3cc(Cl)ccc3Cl)CC2)c1. The summed E-state index contributed by atoms with van der Waals surface area (Å²) in [6, 6.07) is 10.3. The third-order valence-corrected chi connectivity index (χ3v) is 7.61. The van der Waals surface area contributed by atoms with E-state index in [-0.39, 0.29) is 12.5 Å². The fraction of sp³-hybridized carbons (Fsp3) is 0.350. The van der Waals surface area contributed by atoms with Crippen molar-refractivity contribution in [2.24, 2.45) is 0 Å². The van der Waals surface area contributed by atoms with Crippen molar-refractivity contribution in [3.05, 3.63) is 57.6 Å². The van der Waals surface area contributed by atoms with Crippen molar-refractivity contribution in [1.29, 1.82) is 0 Å². The molecular weight excluding hydrogens is 433 g/mol. The molecule has 0 spiro atoms. The summed E-state index contributed by atoms with van der Waals surface area (Å²) >= 11 is 12.0. The van der Waals surface area contributed by atoms with Gasteiger partial charge in [-0.05, 0) is 49.2 Å². The highest BCUT2D eigenvalue weighted by Crippen LogP contribution is 2.25. The predicted octanol–water partition coefficient (Wildman–Crippen LogP) is 2.14. The minimum atomic E-state index is -3.54. The van der Waals surface area contributed by atoms with Crippen LogP contribution >= 0.6 is 23.2 Å². The molecule has 0 bridgehead atoms. The molecule has 29 heavy (non-hydrogen) atoms. The Bertz CT molecular complexity index is 1020. The maximum Gasteiger partial charge on any atom is 0.279 e. The van der Waals surface area contributed by atoms with Gasteiger partial charge in [-0.3, -0.25) is 4.79 Å². The molecule has 0 atom stereocenters. The van der Waals surface area contributed by atoms with Gasteiger partial charge in [-0.15, -0.1) is 0 Å². The number of anilines is 1. The van der Waals surface area contributed by atoms with E-state index in [4.69, 9.17) is 23.2 Å². The van der Waals surface area contributed by atoms with Crippen LogP contribution in [0.3, 0.4) is 0 Å². The van der Waals surface area contributed by atoms with Crippen LogP contribution in [0.2, 0.25) is 10.0 Å². The molecule has 2 aromatic carbocycles. The molecule has 0 saturated carbocycles. The first-order chi connectivity index (χ1) is 13.7. The fourth-order valence-electron chi connectivity index (χ4n) is 3.36. The van der Waals surface area contributed by atoms with E-state index in [0.717, 1.165) is 16.0 Å².